The number of unbranched alkanes of at least 4 members (excludes halogenated alkanes) is 2. The molecule has 3 aromatic rings. The number of ether oxygens (including phenoxy) is 1. The average molecular weight is 425 g/mol. The molecule has 0 spiro atoms. The summed E-state index contributed by atoms with van der Waals surface area (Å²) in [5.41, 5.74) is 3.19. The molecule has 0 saturated heterocycles. The van der Waals surface area contributed by atoms with Gasteiger partial charge in [-0.15, -0.1) is 0 Å². The molecule has 0 aliphatic carbocycles. The van der Waals surface area contributed by atoms with Gasteiger partial charge in [0.05, 0.1) is 17.7 Å². The Balaban J connectivity index is 2.27. The second-order valence-corrected chi connectivity index (χ2v) is 7.80. The molecule has 5 heteroatoms. The van der Waals surface area contributed by atoms with E-state index in [0.29, 0.717) is 34.3 Å². The van der Waals surface area contributed by atoms with Crippen LogP contribution in [0.5, 0.6) is 5.75 Å². The van der Waals surface area contributed by atoms with E-state index in [1.807, 2.05) is 30.3 Å². The highest BCUT2D eigenvalue weighted by Gasteiger charge is 2.19. The van der Waals surface area contributed by atoms with E-state index in [0.717, 1.165) is 56.8 Å². The Bertz CT molecular complexity index is 1070. The summed E-state index contributed by atoms with van der Waals surface area (Å²) in [4.78, 5) is 18.1. The number of hydrogen-bond acceptors (Lipinski definition) is 5. The Hall–Kier alpha value is -2.69. The van der Waals surface area contributed by atoms with E-state index in [-0.39, 0.29) is 5.43 Å². The van der Waals surface area contributed by atoms with E-state index >= 15 is 0 Å². The first kappa shape index (κ1) is 23.0. The van der Waals surface area contributed by atoms with Gasteiger partial charge in [-0.05, 0) is 46.2 Å². The van der Waals surface area contributed by atoms with E-state index < -0.39 is 0 Å². The van der Waals surface area contributed by atoms with Gasteiger partial charge >= 0.3 is 0 Å². The largest absolute Gasteiger partial charge is 0.493 e. The maximum Gasteiger partial charge on any atom is 0.204 e. The van der Waals surface area contributed by atoms with Gasteiger partial charge in [0.25, 0.3) is 0 Å². The fourth-order valence-electron chi connectivity index (χ4n) is 4.17. The maximum atomic E-state index is 13.6. The SMILES string of the molecule is CCCCCOc1cc(N(CC)CC)cc2oc3c(N(CC)CC)cccc3c(=O)c12. The zero-order chi connectivity index (χ0) is 22.4. The molecule has 168 valence electrons. The molecule has 0 fully saturated rings. The van der Waals surface area contributed by atoms with Crippen LogP contribution in [-0.4, -0.2) is 32.8 Å². The highest BCUT2D eigenvalue weighted by molar-refractivity contribution is 5.99. The Morgan fingerprint density at radius 1 is 0.903 bits per heavy atom. The van der Waals surface area contributed by atoms with E-state index in [1.165, 1.54) is 0 Å². The van der Waals surface area contributed by atoms with Crippen LogP contribution in [0, 0.1) is 0 Å². The van der Waals surface area contributed by atoms with Crippen LogP contribution in [-0.2, 0) is 0 Å². The van der Waals surface area contributed by atoms with E-state index in [9.17, 15) is 4.79 Å². The molecule has 3 rings (SSSR count). The van der Waals surface area contributed by atoms with Gasteiger partial charge in [-0.25, -0.2) is 0 Å². The molecule has 5 nitrogen and oxygen atoms in total. The monoisotopic (exact) mass is 424 g/mol. The van der Waals surface area contributed by atoms with Gasteiger partial charge in [0.1, 0.15) is 16.7 Å². The molecule has 31 heavy (non-hydrogen) atoms. The lowest BCUT2D eigenvalue weighted by molar-refractivity contribution is 0.309. The predicted molar refractivity (Wildman–Crippen MR) is 132 cm³/mol. The minimum absolute atomic E-state index is 0.0261. The molecule has 1 heterocycles. The average Bonchev–Trinajstić information content (AvgIpc) is 2.78. The van der Waals surface area contributed by atoms with Crippen LogP contribution in [0.3, 0.4) is 0 Å². The van der Waals surface area contributed by atoms with Crippen molar-refractivity contribution in [2.24, 2.45) is 0 Å². The molecule has 0 N–H and O–H groups in total. The number of hydrogen-bond donors (Lipinski definition) is 0. The molecule has 0 radical (unpaired) electrons. The number of rotatable bonds is 11. The Labute approximate surface area is 185 Å². The van der Waals surface area contributed by atoms with Gasteiger partial charge in [0, 0.05) is 44.0 Å². The third kappa shape index (κ3) is 4.65. The topological polar surface area (TPSA) is 45.9 Å². The first-order chi connectivity index (χ1) is 15.1. The van der Waals surface area contributed by atoms with Crippen LogP contribution in [0.15, 0.2) is 39.5 Å². The zero-order valence-corrected chi connectivity index (χ0v) is 19.7. The van der Waals surface area contributed by atoms with E-state index in [4.69, 9.17) is 9.15 Å². The van der Waals surface area contributed by atoms with Crippen molar-refractivity contribution < 1.29 is 9.15 Å². The first-order valence-corrected chi connectivity index (χ1v) is 11.8. The van der Waals surface area contributed by atoms with Crippen molar-refractivity contribution in [2.75, 3.05) is 42.6 Å². The molecule has 0 amide bonds. The molecule has 0 unspecified atom stereocenters. The maximum absolute atomic E-state index is 13.6. The van der Waals surface area contributed by atoms with Crippen molar-refractivity contribution >= 4 is 33.3 Å². The van der Waals surface area contributed by atoms with Crippen LogP contribution in [0.2, 0.25) is 0 Å². The van der Waals surface area contributed by atoms with Crippen molar-refractivity contribution in [3.05, 3.63) is 40.6 Å². The molecule has 0 aliphatic heterocycles. The number of fused-ring (bicyclic) bond motifs is 2. The highest BCUT2D eigenvalue weighted by atomic mass is 16.5. The summed E-state index contributed by atoms with van der Waals surface area (Å²) in [6.07, 6.45) is 3.21. The van der Waals surface area contributed by atoms with Crippen molar-refractivity contribution in [1.82, 2.24) is 0 Å². The standard InChI is InChI=1S/C26H36N2O3/c1-6-11-12-16-30-22-17-19(27(7-2)8-3)18-23-24(22)25(29)20-14-13-15-21(26(20)31-23)28(9-4)10-5/h13-15,17-18H,6-12,16H2,1-5H3. The second-order valence-electron chi connectivity index (χ2n) is 7.80. The zero-order valence-electron chi connectivity index (χ0n) is 19.7. The number of para-hydroxylation sites is 1. The van der Waals surface area contributed by atoms with Crippen molar-refractivity contribution in [3.63, 3.8) is 0 Å². The van der Waals surface area contributed by atoms with Gasteiger partial charge in [0.15, 0.2) is 5.58 Å². The number of benzene rings is 2. The summed E-state index contributed by atoms with van der Waals surface area (Å²) in [5.74, 6) is 0.624. The number of anilines is 2. The Morgan fingerprint density at radius 2 is 1.61 bits per heavy atom. The van der Waals surface area contributed by atoms with Crippen molar-refractivity contribution in [1.29, 1.82) is 0 Å². The first-order valence-electron chi connectivity index (χ1n) is 11.8. The lowest BCUT2D eigenvalue weighted by Crippen LogP contribution is -2.23. The summed E-state index contributed by atoms with van der Waals surface area (Å²) in [6.45, 7) is 14.7. The summed E-state index contributed by atoms with van der Waals surface area (Å²) in [7, 11) is 0. The highest BCUT2D eigenvalue weighted by Crippen LogP contribution is 2.35. The fourth-order valence-corrected chi connectivity index (χ4v) is 4.17. The molecule has 0 atom stereocenters. The van der Waals surface area contributed by atoms with Crippen molar-refractivity contribution in [2.45, 2.75) is 53.9 Å². The van der Waals surface area contributed by atoms with Gasteiger partial charge in [-0.3, -0.25) is 4.79 Å². The third-order valence-corrected chi connectivity index (χ3v) is 5.97. The molecule has 1 aromatic heterocycles. The fraction of sp³-hybridized carbons (Fsp3) is 0.500. The normalized spacial score (nSPS) is 11.3. The second kappa shape index (κ2) is 10.6. The van der Waals surface area contributed by atoms with E-state index in [2.05, 4.69) is 44.4 Å². The van der Waals surface area contributed by atoms with Gasteiger partial charge in [0.2, 0.25) is 5.43 Å². The minimum atomic E-state index is -0.0261. The smallest absolute Gasteiger partial charge is 0.204 e. The molecule has 0 aliphatic rings. The van der Waals surface area contributed by atoms with Crippen molar-refractivity contribution in [3.8, 4) is 5.75 Å². The molecular weight excluding hydrogens is 388 g/mol. The summed E-state index contributed by atoms with van der Waals surface area (Å²) >= 11 is 0. The Kier molecular flexibility index (Phi) is 7.83. The van der Waals surface area contributed by atoms with Gasteiger partial charge in [-0.1, -0.05) is 25.8 Å². The molecule has 0 saturated carbocycles. The van der Waals surface area contributed by atoms with Crippen LogP contribution in [0.4, 0.5) is 11.4 Å². The summed E-state index contributed by atoms with van der Waals surface area (Å²) < 4.78 is 12.6. The third-order valence-electron chi connectivity index (χ3n) is 5.97. The van der Waals surface area contributed by atoms with Crippen LogP contribution in [0.1, 0.15) is 53.9 Å². The Morgan fingerprint density at radius 3 is 2.26 bits per heavy atom. The quantitative estimate of drug-likeness (QED) is 0.271. The lowest BCUT2D eigenvalue weighted by atomic mass is 10.1. The molecule has 2 aromatic carbocycles. The molecular formula is C26H36N2O3. The van der Waals surface area contributed by atoms with Crippen LogP contribution >= 0.6 is 0 Å². The van der Waals surface area contributed by atoms with E-state index in [1.54, 1.807) is 0 Å². The van der Waals surface area contributed by atoms with Crippen LogP contribution < -0.4 is 20.0 Å². The van der Waals surface area contributed by atoms with Gasteiger partial charge < -0.3 is 19.0 Å². The lowest BCUT2D eigenvalue weighted by Gasteiger charge is -2.24. The number of nitrogens with zero attached hydrogens (tertiary/aromatic N) is 2. The minimum Gasteiger partial charge on any atom is -0.493 e. The van der Waals surface area contributed by atoms with Crippen LogP contribution in [0.25, 0.3) is 21.9 Å². The molecule has 0 bridgehead atoms. The summed E-state index contributed by atoms with van der Waals surface area (Å²) in [5, 5.41) is 1.14. The predicted octanol–water partition coefficient (Wildman–Crippen LogP) is 6.21. The summed E-state index contributed by atoms with van der Waals surface area (Å²) in [6, 6.07) is 9.80. The van der Waals surface area contributed by atoms with Gasteiger partial charge in [-0.2, -0.15) is 0 Å².